The summed E-state index contributed by atoms with van der Waals surface area (Å²) in [5, 5.41) is 13.6. The summed E-state index contributed by atoms with van der Waals surface area (Å²) in [7, 11) is 0. The van der Waals surface area contributed by atoms with Crippen molar-refractivity contribution in [2.75, 3.05) is 13.2 Å². The Kier molecular flexibility index (Phi) is 2.14. The largest absolute Gasteiger partial charge is 0.394 e. The normalized spacial score (nSPS) is 10.5. The zero-order chi connectivity index (χ0) is 9.10. The summed E-state index contributed by atoms with van der Waals surface area (Å²) < 4.78 is 0. The van der Waals surface area contributed by atoms with Gasteiger partial charge >= 0.3 is 0 Å². The lowest BCUT2D eigenvalue weighted by atomic mass is 10.3. The van der Waals surface area contributed by atoms with E-state index in [1.807, 2.05) is 24.3 Å². The summed E-state index contributed by atoms with van der Waals surface area (Å²) in [6.45, 7) is 0.250. The van der Waals surface area contributed by atoms with E-state index in [9.17, 15) is 0 Å². The van der Waals surface area contributed by atoms with Crippen LogP contribution in [0, 0.1) is 0 Å². The number of nitrogens with zero attached hydrogens (tertiary/aromatic N) is 2. The van der Waals surface area contributed by atoms with Crippen molar-refractivity contribution in [3.63, 3.8) is 0 Å². The van der Waals surface area contributed by atoms with Crippen LogP contribution in [0.5, 0.6) is 0 Å². The van der Waals surface area contributed by atoms with Crippen molar-refractivity contribution in [1.29, 1.82) is 0 Å². The molecule has 1 N–H and O–H groups in total. The molecule has 4 nitrogen and oxygen atoms in total. The van der Waals surface area contributed by atoms with E-state index < -0.39 is 0 Å². The first-order valence-electron chi connectivity index (χ1n) is 4.09. The average molecular weight is 178 g/mol. The first-order chi connectivity index (χ1) is 6.42. The van der Waals surface area contributed by atoms with E-state index in [1.54, 1.807) is 6.20 Å². The van der Waals surface area contributed by atoms with E-state index in [-0.39, 0.29) is 13.2 Å². The lowest BCUT2D eigenvalue weighted by Crippen LogP contribution is -2.16. The van der Waals surface area contributed by atoms with Crippen molar-refractivity contribution < 1.29 is 9.94 Å². The van der Waals surface area contributed by atoms with Crippen molar-refractivity contribution in [1.82, 2.24) is 9.94 Å². The summed E-state index contributed by atoms with van der Waals surface area (Å²) in [5.41, 5.74) is 0.913. The molecule has 4 heteroatoms. The maximum absolute atomic E-state index is 8.57. The highest BCUT2D eigenvalue weighted by Crippen LogP contribution is 2.10. The number of aliphatic hydroxyl groups excluding tert-OH is 1. The fourth-order valence-electron chi connectivity index (χ4n) is 1.18. The number of aliphatic hydroxyl groups is 1. The van der Waals surface area contributed by atoms with Crippen LogP contribution in [0.25, 0.3) is 10.9 Å². The van der Waals surface area contributed by atoms with E-state index in [2.05, 4.69) is 5.10 Å². The van der Waals surface area contributed by atoms with Gasteiger partial charge in [0.15, 0.2) is 0 Å². The molecule has 0 unspecified atom stereocenters. The highest BCUT2D eigenvalue weighted by atomic mass is 16.7. The maximum Gasteiger partial charge on any atom is 0.140 e. The predicted molar refractivity (Wildman–Crippen MR) is 48.3 cm³/mol. The van der Waals surface area contributed by atoms with Crippen LogP contribution in [-0.4, -0.2) is 28.3 Å². The van der Waals surface area contributed by atoms with Gasteiger partial charge in [0.1, 0.15) is 12.1 Å². The van der Waals surface area contributed by atoms with Crippen LogP contribution < -0.4 is 4.84 Å². The minimum absolute atomic E-state index is 0.00577. The smallest absolute Gasteiger partial charge is 0.140 e. The van der Waals surface area contributed by atoms with Gasteiger partial charge in [-0.05, 0) is 6.07 Å². The summed E-state index contributed by atoms with van der Waals surface area (Å²) in [6, 6.07) is 7.74. The maximum atomic E-state index is 8.57. The minimum Gasteiger partial charge on any atom is -0.394 e. The Morgan fingerprint density at radius 3 is 3.08 bits per heavy atom. The van der Waals surface area contributed by atoms with Gasteiger partial charge in [-0.15, -0.1) is 5.10 Å². The van der Waals surface area contributed by atoms with Crippen LogP contribution in [0.15, 0.2) is 30.5 Å². The molecule has 1 aromatic carbocycles. The van der Waals surface area contributed by atoms with Gasteiger partial charge in [-0.3, -0.25) is 0 Å². The Labute approximate surface area is 75.3 Å². The zero-order valence-electron chi connectivity index (χ0n) is 7.05. The molecule has 2 aromatic rings. The van der Waals surface area contributed by atoms with Gasteiger partial charge < -0.3 is 9.94 Å². The Bertz CT molecular complexity index is 397. The number of hydrogen-bond acceptors (Lipinski definition) is 3. The Hall–Kier alpha value is -1.55. The number of para-hydroxylation sites is 1. The second-order valence-corrected chi connectivity index (χ2v) is 2.63. The highest BCUT2D eigenvalue weighted by Gasteiger charge is 2.00. The minimum atomic E-state index is -0.00577. The van der Waals surface area contributed by atoms with Gasteiger partial charge in [0.25, 0.3) is 0 Å². The molecule has 0 saturated carbocycles. The molecule has 0 bridgehead atoms. The van der Waals surface area contributed by atoms with Crippen molar-refractivity contribution in [2.45, 2.75) is 0 Å². The van der Waals surface area contributed by atoms with E-state index in [0.29, 0.717) is 0 Å². The fraction of sp³-hybridized carbons (Fsp3) is 0.222. The molecule has 1 heterocycles. The summed E-state index contributed by atoms with van der Waals surface area (Å²) in [5.74, 6) is 0. The Morgan fingerprint density at radius 2 is 2.23 bits per heavy atom. The molecule has 0 fully saturated rings. The highest BCUT2D eigenvalue weighted by molar-refractivity contribution is 5.77. The Morgan fingerprint density at radius 1 is 1.38 bits per heavy atom. The molecule has 0 radical (unpaired) electrons. The van der Waals surface area contributed by atoms with Gasteiger partial charge in [-0.1, -0.05) is 23.0 Å². The topological polar surface area (TPSA) is 47.3 Å². The zero-order valence-corrected chi connectivity index (χ0v) is 7.05. The van der Waals surface area contributed by atoms with Gasteiger partial charge in [0.2, 0.25) is 0 Å². The predicted octanol–water partition coefficient (Wildman–Crippen LogP) is 0.457. The molecule has 13 heavy (non-hydrogen) atoms. The molecule has 0 saturated heterocycles. The molecule has 1 aromatic heterocycles. The molecular weight excluding hydrogens is 168 g/mol. The van der Waals surface area contributed by atoms with E-state index in [0.717, 1.165) is 10.9 Å². The van der Waals surface area contributed by atoms with E-state index in [1.165, 1.54) is 4.85 Å². The third-order valence-electron chi connectivity index (χ3n) is 1.75. The number of fused-ring (bicyclic) bond motifs is 1. The second-order valence-electron chi connectivity index (χ2n) is 2.63. The quantitative estimate of drug-likeness (QED) is 0.742. The van der Waals surface area contributed by atoms with Gasteiger partial charge in [-0.2, -0.15) is 0 Å². The van der Waals surface area contributed by atoms with Crippen molar-refractivity contribution in [3.05, 3.63) is 30.5 Å². The van der Waals surface area contributed by atoms with Crippen molar-refractivity contribution >= 4 is 10.9 Å². The number of rotatable bonds is 3. The molecule has 2 rings (SSSR count). The van der Waals surface area contributed by atoms with E-state index in [4.69, 9.17) is 9.94 Å². The van der Waals surface area contributed by atoms with Crippen LogP contribution in [0.1, 0.15) is 0 Å². The van der Waals surface area contributed by atoms with Crippen LogP contribution >= 0.6 is 0 Å². The van der Waals surface area contributed by atoms with Gasteiger partial charge in [0, 0.05) is 5.39 Å². The van der Waals surface area contributed by atoms with Crippen LogP contribution in [-0.2, 0) is 0 Å². The standard InChI is InChI=1S/C9H10N2O2/c12-5-6-13-11-9-4-2-1-3-8(9)7-10-11/h1-4,7,12H,5-6H2. The number of benzene rings is 1. The summed E-state index contributed by atoms with van der Waals surface area (Å²) in [6.07, 6.45) is 1.73. The summed E-state index contributed by atoms with van der Waals surface area (Å²) >= 11 is 0. The first-order valence-corrected chi connectivity index (χ1v) is 4.09. The second kappa shape index (κ2) is 3.45. The fourth-order valence-corrected chi connectivity index (χ4v) is 1.18. The SMILES string of the molecule is OCCOn1ncc2ccccc21. The summed E-state index contributed by atoms with van der Waals surface area (Å²) in [4.78, 5) is 6.59. The molecule has 0 aliphatic carbocycles. The van der Waals surface area contributed by atoms with Crippen LogP contribution in [0.2, 0.25) is 0 Å². The van der Waals surface area contributed by atoms with Crippen molar-refractivity contribution in [2.24, 2.45) is 0 Å². The molecule has 0 spiro atoms. The Balaban J connectivity index is 2.35. The molecule has 0 aliphatic rings. The lowest BCUT2D eigenvalue weighted by Gasteiger charge is -2.03. The first kappa shape index (κ1) is 8.07. The molecular formula is C9H10N2O2. The van der Waals surface area contributed by atoms with E-state index >= 15 is 0 Å². The molecule has 68 valence electrons. The van der Waals surface area contributed by atoms with Crippen LogP contribution in [0.3, 0.4) is 0 Å². The van der Waals surface area contributed by atoms with Gasteiger partial charge in [-0.25, -0.2) is 0 Å². The van der Waals surface area contributed by atoms with Crippen molar-refractivity contribution in [3.8, 4) is 0 Å². The van der Waals surface area contributed by atoms with Crippen LogP contribution in [0.4, 0.5) is 0 Å². The molecule has 0 amide bonds. The monoisotopic (exact) mass is 178 g/mol. The molecule has 0 aliphatic heterocycles. The third-order valence-corrected chi connectivity index (χ3v) is 1.75. The molecule has 0 atom stereocenters. The average Bonchev–Trinajstić information content (AvgIpc) is 2.58. The number of hydrogen-bond donors (Lipinski definition) is 1. The third kappa shape index (κ3) is 1.48. The lowest BCUT2D eigenvalue weighted by molar-refractivity contribution is 0.0616. The number of aromatic nitrogens is 2. The van der Waals surface area contributed by atoms with Gasteiger partial charge in [0.05, 0.1) is 12.8 Å².